The van der Waals surface area contributed by atoms with Gasteiger partial charge in [-0.25, -0.2) is 13.4 Å². The molecule has 0 aliphatic rings. The lowest BCUT2D eigenvalue weighted by molar-refractivity contribution is 0.0956. The van der Waals surface area contributed by atoms with Gasteiger partial charge in [0.05, 0.1) is 5.75 Å². The fourth-order valence-corrected chi connectivity index (χ4v) is 2.62. The summed E-state index contributed by atoms with van der Waals surface area (Å²) in [7, 11) is -3.35. The molecule has 132 valence electrons. The Hall–Kier alpha value is -2.52. The molecular formula is C15H16ClN5O3S. The molecule has 0 aliphatic heterocycles. The maximum atomic E-state index is 12.1. The number of anilines is 2. The molecule has 0 fully saturated rings. The summed E-state index contributed by atoms with van der Waals surface area (Å²) in [5.41, 5.74) is 0.936. The minimum atomic E-state index is -3.35. The number of amides is 1. The van der Waals surface area contributed by atoms with Crippen LogP contribution < -0.4 is 10.6 Å². The highest BCUT2D eigenvalue weighted by molar-refractivity contribution is 7.94. The number of aromatic nitrogens is 3. The van der Waals surface area contributed by atoms with Crippen molar-refractivity contribution in [3.8, 4) is 0 Å². The molecule has 2 rings (SSSR count). The van der Waals surface area contributed by atoms with Gasteiger partial charge in [0, 0.05) is 23.2 Å². The van der Waals surface area contributed by atoms with Crippen molar-refractivity contribution in [3.05, 3.63) is 52.9 Å². The second-order valence-corrected chi connectivity index (χ2v) is 7.38. The number of carbonyl (C=O) groups is 1. The fraction of sp³-hybridized carbons (Fsp3) is 0.200. The van der Waals surface area contributed by atoms with Gasteiger partial charge in [0.1, 0.15) is 5.82 Å². The van der Waals surface area contributed by atoms with Gasteiger partial charge in [-0.3, -0.25) is 4.79 Å². The van der Waals surface area contributed by atoms with Crippen LogP contribution in [0.2, 0.25) is 5.28 Å². The monoisotopic (exact) mass is 381 g/mol. The first-order valence-corrected chi connectivity index (χ1v) is 9.27. The molecule has 0 unspecified atom stereocenters. The van der Waals surface area contributed by atoms with E-state index in [1.54, 1.807) is 31.2 Å². The van der Waals surface area contributed by atoms with E-state index in [2.05, 4.69) is 32.2 Å². The minimum absolute atomic E-state index is 0.00683. The molecule has 1 heterocycles. The molecule has 0 atom stereocenters. The summed E-state index contributed by atoms with van der Waals surface area (Å²) in [5.74, 6) is 0.114. The Morgan fingerprint density at radius 1 is 1.32 bits per heavy atom. The molecule has 1 aromatic carbocycles. The van der Waals surface area contributed by atoms with Crippen LogP contribution in [0.3, 0.4) is 0 Å². The number of carbonyl (C=O) groups excluding carboxylic acids is 1. The van der Waals surface area contributed by atoms with Crippen molar-refractivity contribution in [2.45, 2.75) is 6.92 Å². The number of sulfone groups is 1. The number of halogens is 1. The summed E-state index contributed by atoms with van der Waals surface area (Å²) in [6, 6.07) is 6.60. The quantitative estimate of drug-likeness (QED) is 0.752. The first kappa shape index (κ1) is 18.8. The zero-order valence-electron chi connectivity index (χ0n) is 13.4. The number of nitrogens with zero attached hydrogens (tertiary/aromatic N) is 3. The van der Waals surface area contributed by atoms with Crippen molar-refractivity contribution in [3.63, 3.8) is 0 Å². The largest absolute Gasteiger partial charge is 0.351 e. The zero-order chi connectivity index (χ0) is 18.4. The second kappa shape index (κ2) is 8.04. The van der Waals surface area contributed by atoms with Crippen molar-refractivity contribution in [1.82, 2.24) is 20.3 Å². The van der Waals surface area contributed by atoms with E-state index < -0.39 is 15.7 Å². The third-order valence-corrected chi connectivity index (χ3v) is 4.48. The molecule has 0 bridgehead atoms. The molecule has 0 spiro atoms. The molecular weight excluding hydrogens is 366 g/mol. The number of nitrogens with one attached hydrogen (secondary N) is 2. The molecule has 2 N–H and O–H groups in total. The van der Waals surface area contributed by atoms with E-state index in [0.29, 0.717) is 17.1 Å². The van der Waals surface area contributed by atoms with Crippen LogP contribution in [-0.2, 0) is 9.84 Å². The Bertz CT molecular complexity index is 882. The van der Waals surface area contributed by atoms with Crippen molar-refractivity contribution < 1.29 is 13.2 Å². The van der Waals surface area contributed by atoms with Crippen LogP contribution in [-0.4, -0.2) is 41.6 Å². The summed E-state index contributed by atoms with van der Waals surface area (Å²) >= 11 is 5.78. The Morgan fingerprint density at radius 2 is 2.08 bits per heavy atom. The van der Waals surface area contributed by atoms with Crippen LogP contribution in [0.1, 0.15) is 16.2 Å². The highest BCUT2D eigenvalue weighted by Gasteiger charge is 2.10. The lowest BCUT2D eigenvalue weighted by atomic mass is 10.2. The Morgan fingerprint density at radius 3 is 2.76 bits per heavy atom. The molecule has 25 heavy (non-hydrogen) atoms. The lowest BCUT2D eigenvalue weighted by Gasteiger charge is -2.08. The average molecular weight is 382 g/mol. The van der Waals surface area contributed by atoms with Crippen LogP contribution in [0.15, 0.2) is 36.3 Å². The third kappa shape index (κ3) is 5.80. The standard InChI is InChI=1S/C15H16ClN5O3S/c1-3-25(23,24)8-7-17-13(22)11-5-4-6-12(9-11)20-15-19-10(2)18-14(16)21-15/h3-6,9H,1,7-8H2,2H3,(H,17,22)(H,18,19,20,21). The fourth-order valence-electron chi connectivity index (χ4n) is 1.86. The maximum Gasteiger partial charge on any atom is 0.251 e. The zero-order valence-corrected chi connectivity index (χ0v) is 14.9. The molecule has 0 saturated heterocycles. The van der Waals surface area contributed by atoms with Crippen LogP contribution in [0, 0.1) is 6.92 Å². The molecule has 0 aliphatic carbocycles. The molecule has 2 aromatic rings. The van der Waals surface area contributed by atoms with E-state index in [1.807, 2.05) is 0 Å². The van der Waals surface area contributed by atoms with Crippen molar-refractivity contribution in [1.29, 1.82) is 0 Å². The van der Waals surface area contributed by atoms with E-state index in [4.69, 9.17) is 11.6 Å². The number of hydrogen-bond donors (Lipinski definition) is 2. The van der Waals surface area contributed by atoms with Crippen LogP contribution in [0.5, 0.6) is 0 Å². The van der Waals surface area contributed by atoms with Gasteiger partial charge >= 0.3 is 0 Å². The molecule has 1 aromatic heterocycles. The number of aryl methyl sites for hydroxylation is 1. The molecule has 1 amide bonds. The van der Waals surface area contributed by atoms with Crippen LogP contribution in [0.4, 0.5) is 11.6 Å². The Kier molecular flexibility index (Phi) is 6.05. The number of rotatable bonds is 7. The van der Waals surface area contributed by atoms with Crippen molar-refractivity contribution >= 4 is 39.0 Å². The van der Waals surface area contributed by atoms with Gasteiger partial charge in [0.25, 0.3) is 5.91 Å². The van der Waals surface area contributed by atoms with Crippen LogP contribution >= 0.6 is 11.6 Å². The van der Waals surface area contributed by atoms with E-state index in [9.17, 15) is 13.2 Å². The summed E-state index contributed by atoms with van der Waals surface area (Å²) < 4.78 is 22.6. The normalized spacial score (nSPS) is 11.0. The predicted octanol–water partition coefficient (Wildman–Crippen LogP) is 1.87. The van der Waals surface area contributed by atoms with E-state index in [-0.39, 0.29) is 23.5 Å². The first-order valence-electron chi connectivity index (χ1n) is 7.18. The third-order valence-electron chi connectivity index (χ3n) is 3.03. The highest BCUT2D eigenvalue weighted by atomic mass is 35.5. The van der Waals surface area contributed by atoms with E-state index in [0.717, 1.165) is 5.41 Å². The van der Waals surface area contributed by atoms with Gasteiger partial charge in [-0.15, -0.1) is 0 Å². The second-order valence-electron chi connectivity index (χ2n) is 4.97. The maximum absolute atomic E-state index is 12.1. The van der Waals surface area contributed by atoms with E-state index in [1.165, 1.54) is 0 Å². The SMILES string of the molecule is C=CS(=O)(=O)CCNC(=O)c1cccc(Nc2nc(C)nc(Cl)n2)c1. The number of benzene rings is 1. The topological polar surface area (TPSA) is 114 Å². The summed E-state index contributed by atoms with van der Waals surface area (Å²) in [4.78, 5) is 24.0. The molecule has 0 radical (unpaired) electrons. The van der Waals surface area contributed by atoms with E-state index >= 15 is 0 Å². The van der Waals surface area contributed by atoms with Crippen molar-refractivity contribution in [2.75, 3.05) is 17.6 Å². The smallest absolute Gasteiger partial charge is 0.251 e. The molecule has 0 saturated carbocycles. The summed E-state index contributed by atoms with van der Waals surface area (Å²) in [5, 5.41) is 6.41. The number of hydrogen-bond acceptors (Lipinski definition) is 7. The first-order chi connectivity index (χ1) is 11.8. The summed E-state index contributed by atoms with van der Waals surface area (Å²) in [6.45, 7) is 4.89. The lowest BCUT2D eigenvalue weighted by Crippen LogP contribution is -2.28. The average Bonchev–Trinajstić information content (AvgIpc) is 2.54. The highest BCUT2D eigenvalue weighted by Crippen LogP contribution is 2.16. The predicted molar refractivity (Wildman–Crippen MR) is 95.6 cm³/mol. The van der Waals surface area contributed by atoms with Gasteiger partial charge in [0.15, 0.2) is 9.84 Å². The van der Waals surface area contributed by atoms with Gasteiger partial charge in [-0.1, -0.05) is 12.6 Å². The molecule has 8 nitrogen and oxygen atoms in total. The van der Waals surface area contributed by atoms with Gasteiger partial charge < -0.3 is 10.6 Å². The Labute approximate surface area is 150 Å². The van der Waals surface area contributed by atoms with Crippen molar-refractivity contribution in [2.24, 2.45) is 0 Å². The van der Waals surface area contributed by atoms with Gasteiger partial charge in [-0.2, -0.15) is 9.97 Å². The molecule has 10 heteroatoms. The summed E-state index contributed by atoms with van der Waals surface area (Å²) in [6.07, 6.45) is 0. The Balaban J connectivity index is 2.05. The van der Waals surface area contributed by atoms with Gasteiger partial charge in [-0.05, 0) is 36.7 Å². The minimum Gasteiger partial charge on any atom is -0.351 e. The van der Waals surface area contributed by atoms with Gasteiger partial charge in [0.2, 0.25) is 11.2 Å². The van der Waals surface area contributed by atoms with Crippen LogP contribution in [0.25, 0.3) is 0 Å².